The van der Waals surface area contributed by atoms with Crippen molar-refractivity contribution in [1.29, 1.82) is 0 Å². The highest BCUT2D eigenvalue weighted by Crippen LogP contribution is 1.96. The predicted molar refractivity (Wildman–Crippen MR) is 44.3 cm³/mol. The van der Waals surface area contributed by atoms with Gasteiger partial charge in [0.15, 0.2) is 5.82 Å². The molecule has 0 saturated carbocycles. The van der Waals surface area contributed by atoms with E-state index >= 15 is 0 Å². The lowest BCUT2D eigenvalue weighted by molar-refractivity contribution is -0.116. The molecule has 1 aromatic rings. The number of carbonyl (C=O) groups excluding carboxylic acids is 1. The van der Waals surface area contributed by atoms with Crippen LogP contribution >= 0.6 is 0 Å². The molecule has 0 atom stereocenters. The zero-order chi connectivity index (χ0) is 8.81. The van der Waals surface area contributed by atoms with Gasteiger partial charge in [-0.3, -0.25) is 9.78 Å². The summed E-state index contributed by atoms with van der Waals surface area (Å²) in [6, 6.07) is 0. The van der Waals surface area contributed by atoms with Gasteiger partial charge in [0, 0.05) is 25.4 Å². The third kappa shape index (κ3) is 2.63. The first-order chi connectivity index (χ1) is 5.83. The van der Waals surface area contributed by atoms with Gasteiger partial charge in [-0.15, -0.1) is 0 Å². The van der Waals surface area contributed by atoms with Crippen LogP contribution in [0.25, 0.3) is 0 Å². The Morgan fingerprint density at radius 2 is 2.42 bits per heavy atom. The molecule has 0 aromatic carbocycles. The van der Waals surface area contributed by atoms with Crippen LogP contribution in [-0.4, -0.2) is 22.4 Å². The molecule has 0 fully saturated rings. The lowest BCUT2D eigenvalue weighted by atomic mass is 10.4. The van der Waals surface area contributed by atoms with Crippen molar-refractivity contribution >= 4 is 11.7 Å². The van der Waals surface area contributed by atoms with Gasteiger partial charge in [-0.25, -0.2) is 4.98 Å². The lowest BCUT2D eigenvalue weighted by Crippen LogP contribution is -2.16. The first-order valence-corrected chi connectivity index (χ1v) is 3.59. The second-order valence-electron chi connectivity index (χ2n) is 2.18. The molecule has 64 valence electrons. The van der Waals surface area contributed by atoms with E-state index in [1.165, 1.54) is 12.4 Å². The van der Waals surface area contributed by atoms with Gasteiger partial charge < -0.3 is 11.1 Å². The van der Waals surface area contributed by atoms with Crippen molar-refractivity contribution in [2.24, 2.45) is 5.73 Å². The topological polar surface area (TPSA) is 80.9 Å². The molecule has 5 nitrogen and oxygen atoms in total. The van der Waals surface area contributed by atoms with Crippen LogP contribution in [0.5, 0.6) is 0 Å². The Morgan fingerprint density at radius 1 is 1.58 bits per heavy atom. The minimum atomic E-state index is -0.141. The highest BCUT2D eigenvalue weighted by molar-refractivity contribution is 5.89. The summed E-state index contributed by atoms with van der Waals surface area (Å²) in [6.45, 7) is 0.339. The maximum atomic E-state index is 11.0. The molecular formula is C7H10N4O. The molecule has 0 spiro atoms. The molecule has 1 rings (SSSR count). The Kier molecular flexibility index (Phi) is 3.16. The van der Waals surface area contributed by atoms with Gasteiger partial charge >= 0.3 is 0 Å². The Balaban J connectivity index is 2.47. The Morgan fingerprint density at radius 3 is 3.00 bits per heavy atom. The molecule has 3 N–H and O–H groups in total. The van der Waals surface area contributed by atoms with Crippen molar-refractivity contribution in [3.63, 3.8) is 0 Å². The van der Waals surface area contributed by atoms with Gasteiger partial charge in [-0.1, -0.05) is 0 Å². The van der Waals surface area contributed by atoms with Crippen molar-refractivity contribution in [3.05, 3.63) is 18.6 Å². The smallest absolute Gasteiger partial charge is 0.226 e. The summed E-state index contributed by atoms with van der Waals surface area (Å²) in [5, 5.41) is 2.55. The summed E-state index contributed by atoms with van der Waals surface area (Å²) < 4.78 is 0. The summed E-state index contributed by atoms with van der Waals surface area (Å²) in [6.07, 6.45) is 4.83. The molecule has 0 unspecified atom stereocenters. The van der Waals surface area contributed by atoms with E-state index in [-0.39, 0.29) is 5.91 Å². The number of nitrogens with two attached hydrogens (primary N) is 1. The van der Waals surface area contributed by atoms with Gasteiger partial charge in [0.2, 0.25) is 5.91 Å². The second kappa shape index (κ2) is 4.40. The Labute approximate surface area is 70.0 Å². The van der Waals surface area contributed by atoms with Crippen molar-refractivity contribution in [1.82, 2.24) is 9.97 Å². The number of carbonyl (C=O) groups is 1. The molecule has 12 heavy (non-hydrogen) atoms. The van der Waals surface area contributed by atoms with Crippen LogP contribution in [0.15, 0.2) is 18.6 Å². The van der Waals surface area contributed by atoms with E-state index in [1.807, 2.05) is 0 Å². The summed E-state index contributed by atoms with van der Waals surface area (Å²) in [5.41, 5.74) is 5.19. The summed E-state index contributed by atoms with van der Waals surface area (Å²) in [4.78, 5) is 18.6. The molecule has 0 aliphatic heterocycles. The van der Waals surface area contributed by atoms with Crippen molar-refractivity contribution in [2.45, 2.75) is 6.42 Å². The average Bonchev–Trinajstić information content (AvgIpc) is 2.06. The fraction of sp³-hybridized carbons (Fsp3) is 0.286. The van der Waals surface area contributed by atoms with Crippen LogP contribution in [0, 0.1) is 0 Å². The normalized spacial score (nSPS) is 9.42. The Bertz CT molecular complexity index is 249. The Hall–Kier alpha value is -1.49. The maximum Gasteiger partial charge on any atom is 0.226 e. The van der Waals surface area contributed by atoms with Gasteiger partial charge in [-0.05, 0) is 0 Å². The molecule has 0 saturated heterocycles. The summed E-state index contributed by atoms with van der Waals surface area (Å²) >= 11 is 0. The molecule has 1 aromatic heterocycles. The highest BCUT2D eigenvalue weighted by atomic mass is 16.1. The molecule has 0 aliphatic carbocycles. The van der Waals surface area contributed by atoms with Gasteiger partial charge in [0.1, 0.15) is 0 Å². The highest BCUT2D eigenvalue weighted by Gasteiger charge is 1.99. The number of nitrogens with zero attached hydrogens (tertiary/aromatic N) is 2. The summed E-state index contributed by atoms with van der Waals surface area (Å²) in [7, 11) is 0. The summed E-state index contributed by atoms with van der Waals surface area (Å²) in [5.74, 6) is 0.314. The number of nitrogens with one attached hydrogen (secondary N) is 1. The molecular weight excluding hydrogens is 156 g/mol. The third-order valence-electron chi connectivity index (χ3n) is 1.20. The molecule has 1 amide bonds. The largest absolute Gasteiger partial charge is 0.330 e. The van der Waals surface area contributed by atoms with Crippen LogP contribution in [0.4, 0.5) is 5.82 Å². The van der Waals surface area contributed by atoms with Gasteiger partial charge in [0.25, 0.3) is 0 Å². The van der Waals surface area contributed by atoms with Crippen molar-refractivity contribution < 1.29 is 4.79 Å². The molecule has 0 radical (unpaired) electrons. The zero-order valence-corrected chi connectivity index (χ0v) is 6.53. The molecule has 5 heteroatoms. The van der Waals surface area contributed by atoms with E-state index in [2.05, 4.69) is 15.3 Å². The first kappa shape index (κ1) is 8.61. The van der Waals surface area contributed by atoms with E-state index in [0.29, 0.717) is 18.8 Å². The number of hydrogen-bond donors (Lipinski definition) is 2. The molecule has 1 heterocycles. The fourth-order valence-corrected chi connectivity index (χ4v) is 0.700. The zero-order valence-electron chi connectivity index (χ0n) is 6.53. The number of amides is 1. The van der Waals surface area contributed by atoms with Crippen LogP contribution in [0.3, 0.4) is 0 Å². The fourth-order valence-electron chi connectivity index (χ4n) is 0.700. The first-order valence-electron chi connectivity index (χ1n) is 3.59. The molecule has 0 aliphatic rings. The van der Waals surface area contributed by atoms with E-state index in [0.717, 1.165) is 0 Å². The van der Waals surface area contributed by atoms with Crippen LogP contribution < -0.4 is 11.1 Å². The van der Waals surface area contributed by atoms with Crippen LogP contribution in [-0.2, 0) is 4.79 Å². The van der Waals surface area contributed by atoms with Crippen LogP contribution in [0.2, 0.25) is 0 Å². The quantitative estimate of drug-likeness (QED) is 0.649. The third-order valence-corrected chi connectivity index (χ3v) is 1.20. The number of anilines is 1. The van der Waals surface area contributed by atoms with Crippen molar-refractivity contribution in [2.75, 3.05) is 11.9 Å². The van der Waals surface area contributed by atoms with E-state index in [9.17, 15) is 4.79 Å². The van der Waals surface area contributed by atoms with Crippen LogP contribution in [0.1, 0.15) is 6.42 Å². The van der Waals surface area contributed by atoms with Gasteiger partial charge in [-0.2, -0.15) is 0 Å². The number of hydrogen-bond acceptors (Lipinski definition) is 4. The van der Waals surface area contributed by atoms with E-state index < -0.39 is 0 Å². The molecule has 0 bridgehead atoms. The minimum absolute atomic E-state index is 0.141. The number of rotatable bonds is 3. The van der Waals surface area contributed by atoms with Gasteiger partial charge in [0.05, 0.1) is 6.20 Å². The maximum absolute atomic E-state index is 11.0. The SMILES string of the molecule is NCCC(=O)Nc1cnccn1. The van der Waals surface area contributed by atoms with E-state index in [4.69, 9.17) is 5.73 Å². The monoisotopic (exact) mass is 166 g/mol. The second-order valence-corrected chi connectivity index (χ2v) is 2.18. The minimum Gasteiger partial charge on any atom is -0.330 e. The van der Waals surface area contributed by atoms with Crippen molar-refractivity contribution in [3.8, 4) is 0 Å². The van der Waals surface area contributed by atoms with E-state index in [1.54, 1.807) is 6.20 Å². The predicted octanol–water partition coefficient (Wildman–Crippen LogP) is -0.236. The lowest BCUT2D eigenvalue weighted by Gasteiger charge is -2.00. The average molecular weight is 166 g/mol. The number of aromatic nitrogens is 2. The standard InChI is InChI=1S/C7H10N4O/c8-2-1-7(12)11-6-5-9-3-4-10-6/h3-5H,1-2,8H2,(H,10,11,12).